The van der Waals surface area contributed by atoms with Crippen LogP contribution in [0.3, 0.4) is 0 Å². The van der Waals surface area contributed by atoms with Crippen molar-refractivity contribution < 1.29 is 0 Å². The van der Waals surface area contributed by atoms with E-state index in [9.17, 15) is 0 Å². The average molecular weight is 283 g/mol. The van der Waals surface area contributed by atoms with Gasteiger partial charge in [-0.1, -0.05) is 34.6 Å². The molecule has 0 aromatic carbocycles. The number of rotatable bonds is 8. The molecule has 2 heteroatoms. The lowest BCUT2D eigenvalue weighted by Gasteiger charge is -2.42. The van der Waals surface area contributed by atoms with Gasteiger partial charge in [-0.15, -0.1) is 0 Å². The van der Waals surface area contributed by atoms with Crippen LogP contribution < -0.4 is 5.32 Å². The maximum Gasteiger partial charge on any atom is 0.0108 e. The Morgan fingerprint density at radius 3 is 2.60 bits per heavy atom. The number of nitrogens with one attached hydrogen (secondary N) is 1. The quantitative estimate of drug-likeness (QED) is 0.719. The fourth-order valence-electron chi connectivity index (χ4n) is 3.50. The zero-order valence-corrected chi connectivity index (χ0v) is 14.8. The highest BCUT2D eigenvalue weighted by molar-refractivity contribution is 4.90. The summed E-state index contributed by atoms with van der Waals surface area (Å²) in [5.74, 6) is 1.64. The molecule has 0 radical (unpaired) electrons. The summed E-state index contributed by atoms with van der Waals surface area (Å²) in [5, 5.41) is 3.80. The smallest absolute Gasteiger partial charge is 0.0108 e. The van der Waals surface area contributed by atoms with E-state index in [1.54, 1.807) is 0 Å². The Kier molecular flexibility index (Phi) is 7.53. The Labute approximate surface area is 127 Å². The molecule has 120 valence electrons. The van der Waals surface area contributed by atoms with E-state index in [-0.39, 0.29) is 0 Å². The summed E-state index contributed by atoms with van der Waals surface area (Å²) >= 11 is 0. The van der Waals surface area contributed by atoms with Gasteiger partial charge in [0.25, 0.3) is 0 Å². The second-order valence-corrected chi connectivity index (χ2v) is 8.17. The molecule has 0 heterocycles. The first kappa shape index (κ1) is 18.0. The predicted octanol–water partition coefficient (Wildman–Crippen LogP) is 4.16. The Morgan fingerprint density at radius 1 is 1.30 bits per heavy atom. The zero-order valence-electron chi connectivity index (χ0n) is 14.8. The Morgan fingerprint density at radius 2 is 2.00 bits per heavy atom. The molecule has 2 nitrogen and oxygen atoms in total. The summed E-state index contributed by atoms with van der Waals surface area (Å²) in [6.07, 6.45) is 6.67. The van der Waals surface area contributed by atoms with E-state index in [1.165, 1.54) is 51.7 Å². The molecule has 0 aromatic heterocycles. The van der Waals surface area contributed by atoms with Gasteiger partial charge in [0, 0.05) is 12.6 Å². The molecular formula is C18H38N2. The molecule has 20 heavy (non-hydrogen) atoms. The van der Waals surface area contributed by atoms with Crippen LogP contribution in [0, 0.1) is 17.3 Å². The van der Waals surface area contributed by atoms with Crippen LogP contribution in [-0.4, -0.2) is 37.6 Å². The Bertz CT molecular complexity index is 260. The van der Waals surface area contributed by atoms with Crippen molar-refractivity contribution in [2.45, 2.75) is 72.8 Å². The largest absolute Gasteiger partial charge is 0.314 e. The van der Waals surface area contributed by atoms with E-state index < -0.39 is 0 Å². The van der Waals surface area contributed by atoms with Gasteiger partial charge in [-0.2, -0.15) is 0 Å². The van der Waals surface area contributed by atoms with Gasteiger partial charge in [0.2, 0.25) is 0 Å². The van der Waals surface area contributed by atoms with Crippen LogP contribution >= 0.6 is 0 Å². The third-order valence-electron chi connectivity index (χ3n) is 4.81. The fourth-order valence-corrected chi connectivity index (χ4v) is 3.50. The summed E-state index contributed by atoms with van der Waals surface area (Å²) in [4.78, 5) is 2.56. The van der Waals surface area contributed by atoms with Gasteiger partial charge in [0.05, 0.1) is 0 Å². The molecule has 1 saturated carbocycles. The number of hydrogen-bond acceptors (Lipinski definition) is 2. The standard InChI is InChI=1S/C18H38N2/c1-7-11-19-17-8-10-18(4,5)13-16(17)14-20(6)12-9-15(2)3/h15-17,19H,7-14H2,1-6H3. The normalized spacial score (nSPS) is 26.4. The highest BCUT2D eigenvalue weighted by Crippen LogP contribution is 2.39. The van der Waals surface area contributed by atoms with E-state index in [0.29, 0.717) is 5.41 Å². The molecule has 2 atom stereocenters. The van der Waals surface area contributed by atoms with Crippen LogP contribution in [0.1, 0.15) is 66.7 Å². The van der Waals surface area contributed by atoms with Gasteiger partial charge in [-0.05, 0) is 69.5 Å². The first-order valence-electron chi connectivity index (χ1n) is 8.76. The monoisotopic (exact) mass is 282 g/mol. The summed E-state index contributed by atoms with van der Waals surface area (Å²) in [7, 11) is 2.31. The highest BCUT2D eigenvalue weighted by atomic mass is 15.1. The van der Waals surface area contributed by atoms with Gasteiger partial charge in [0.1, 0.15) is 0 Å². The van der Waals surface area contributed by atoms with Crippen LogP contribution in [0.15, 0.2) is 0 Å². The molecule has 0 aromatic rings. The van der Waals surface area contributed by atoms with E-state index in [4.69, 9.17) is 0 Å². The van der Waals surface area contributed by atoms with Crippen molar-refractivity contribution in [1.82, 2.24) is 10.2 Å². The molecule has 1 N–H and O–H groups in total. The molecule has 0 amide bonds. The molecule has 1 aliphatic carbocycles. The van der Waals surface area contributed by atoms with Gasteiger partial charge >= 0.3 is 0 Å². The van der Waals surface area contributed by atoms with Gasteiger partial charge < -0.3 is 10.2 Å². The van der Waals surface area contributed by atoms with Crippen molar-refractivity contribution in [3.05, 3.63) is 0 Å². The summed E-state index contributed by atoms with van der Waals surface area (Å²) in [6, 6.07) is 0.740. The molecule has 1 rings (SSSR count). The number of hydrogen-bond donors (Lipinski definition) is 1. The third kappa shape index (κ3) is 6.58. The highest BCUT2D eigenvalue weighted by Gasteiger charge is 2.34. The molecule has 1 aliphatic rings. The Hall–Kier alpha value is -0.0800. The minimum Gasteiger partial charge on any atom is -0.314 e. The lowest BCUT2D eigenvalue weighted by Crippen LogP contribution is -2.47. The zero-order chi connectivity index (χ0) is 15.2. The average Bonchev–Trinajstić information content (AvgIpc) is 2.35. The van der Waals surface area contributed by atoms with Crippen molar-refractivity contribution in [1.29, 1.82) is 0 Å². The van der Waals surface area contributed by atoms with Crippen LogP contribution in [-0.2, 0) is 0 Å². The maximum atomic E-state index is 3.80. The van der Waals surface area contributed by atoms with Crippen LogP contribution in [0.5, 0.6) is 0 Å². The van der Waals surface area contributed by atoms with Crippen molar-refractivity contribution in [2.24, 2.45) is 17.3 Å². The van der Waals surface area contributed by atoms with Crippen molar-refractivity contribution in [3.8, 4) is 0 Å². The topological polar surface area (TPSA) is 15.3 Å². The number of nitrogens with zero attached hydrogens (tertiary/aromatic N) is 1. The van der Waals surface area contributed by atoms with Crippen LogP contribution in [0.4, 0.5) is 0 Å². The lowest BCUT2D eigenvalue weighted by molar-refractivity contribution is 0.107. The summed E-state index contributed by atoms with van der Waals surface area (Å²) < 4.78 is 0. The second-order valence-electron chi connectivity index (χ2n) is 8.17. The SMILES string of the molecule is CCCNC1CCC(C)(C)CC1CN(C)CCC(C)C. The van der Waals surface area contributed by atoms with E-state index in [2.05, 4.69) is 51.9 Å². The third-order valence-corrected chi connectivity index (χ3v) is 4.81. The van der Waals surface area contributed by atoms with E-state index in [1.807, 2.05) is 0 Å². The van der Waals surface area contributed by atoms with Crippen LogP contribution in [0.2, 0.25) is 0 Å². The molecular weight excluding hydrogens is 244 g/mol. The maximum absolute atomic E-state index is 3.80. The summed E-state index contributed by atoms with van der Waals surface area (Å²) in [6.45, 7) is 15.5. The molecule has 0 aliphatic heterocycles. The fraction of sp³-hybridized carbons (Fsp3) is 1.00. The minimum absolute atomic E-state index is 0.536. The first-order valence-corrected chi connectivity index (χ1v) is 8.76. The van der Waals surface area contributed by atoms with Crippen molar-refractivity contribution >= 4 is 0 Å². The first-order chi connectivity index (χ1) is 9.34. The van der Waals surface area contributed by atoms with Crippen molar-refractivity contribution in [2.75, 3.05) is 26.7 Å². The molecule has 1 fully saturated rings. The van der Waals surface area contributed by atoms with Gasteiger partial charge in [-0.25, -0.2) is 0 Å². The minimum atomic E-state index is 0.536. The van der Waals surface area contributed by atoms with Crippen LogP contribution in [0.25, 0.3) is 0 Å². The van der Waals surface area contributed by atoms with Gasteiger partial charge in [0.15, 0.2) is 0 Å². The molecule has 0 bridgehead atoms. The van der Waals surface area contributed by atoms with E-state index in [0.717, 1.165) is 17.9 Å². The predicted molar refractivity (Wildman–Crippen MR) is 90.2 cm³/mol. The molecule has 2 unspecified atom stereocenters. The van der Waals surface area contributed by atoms with Crippen molar-refractivity contribution in [3.63, 3.8) is 0 Å². The molecule has 0 spiro atoms. The Balaban J connectivity index is 2.50. The lowest BCUT2D eigenvalue weighted by atomic mass is 9.69. The summed E-state index contributed by atoms with van der Waals surface area (Å²) in [5.41, 5.74) is 0.536. The van der Waals surface area contributed by atoms with E-state index >= 15 is 0 Å². The van der Waals surface area contributed by atoms with Gasteiger partial charge in [-0.3, -0.25) is 0 Å². The second kappa shape index (κ2) is 8.38. The molecule has 0 saturated heterocycles.